The number of sulfonamides is 1. The summed E-state index contributed by atoms with van der Waals surface area (Å²) in [6, 6.07) is 13.0. The van der Waals surface area contributed by atoms with Gasteiger partial charge in [0.05, 0.1) is 10.5 Å². The van der Waals surface area contributed by atoms with Crippen LogP contribution in [0.25, 0.3) is 0 Å². The largest absolute Gasteiger partial charge is 0.339 e. The van der Waals surface area contributed by atoms with Crippen LogP contribution in [0, 0.1) is 0 Å². The van der Waals surface area contributed by atoms with E-state index in [2.05, 4.69) is 21.8 Å². The number of thioether (sulfide) groups is 1. The maximum absolute atomic E-state index is 13.3. The Kier molecular flexibility index (Phi) is 9.27. The predicted octanol–water partition coefficient (Wildman–Crippen LogP) is 4.89. The highest BCUT2D eigenvalue weighted by atomic mass is 32.2. The summed E-state index contributed by atoms with van der Waals surface area (Å²) >= 11 is 1.47. The molecule has 2 aliphatic heterocycles. The fourth-order valence-electron chi connectivity index (χ4n) is 4.87. The van der Waals surface area contributed by atoms with E-state index in [0.717, 1.165) is 68.9 Å². The van der Waals surface area contributed by atoms with Gasteiger partial charge in [0.2, 0.25) is 10.0 Å². The van der Waals surface area contributed by atoms with Crippen LogP contribution in [0.4, 0.5) is 0 Å². The molecule has 6 nitrogen and oxygen atoms in total. The van der Waals surface area contributed by atoms with E-state index < -0.39 is 10.0 Å². The highest BCUT2D eigenvalue weighted by Gasteiger charge is 2.23. The minimum Gasteiger partial charge on any atom is -0.339 e. The number of carbonyl (C=O) groups is 1. The van der Waals surface area contributed by atoms with Gasteiger partial charge in [-0.3, -0.25) is 9.69 Å². The zero-order valence-electron chi connectivity index (χ0n) is 20.7. The number of nitrogens with one attached hydrogen (secondary N) is 1. The van der Waals surface area contributed by atoms with Crippen molar-refractivity contribution in [2.45, 2.75) is 67.8 Å². The van der Waals surface area contributed by atoms with Crippen molar-refractivity contribution in [1.29, 1.82) is 0 Å². The van der Waals surface area contributed by atoms with Gasteiger partial charge in [0.1, 0.15) is 0 Å². The number of likely N-dealkylation sites (tertiary alicyclic amines) is 2. The molecule has 0 bridgehead atoms. The summed E-state index contributed by atoms with van der Waals surface area (Å²) in [6.45, 7) is 4.93. The molecular weight excluding hydrogens is 478 g/mol. The smallest absolute Gasteiger partial charge is 0.255 e. The average molecular weight is 516 g/mol. The van der Waals surface area contributed by atoms with E-state index in [0.29, 0.717) is 5.56 Å². The van der Waals surface area contributed by atoms with E-state index in [4.69, 9.17) is 0 Å². The minimum atomic E-state index is -3.75. The van der Waals surface area contributed by atoms with Crippen molar-refractivity contribution in [2.75, 3.05) is 32.4 Å². The lowest BCUT2D eigenvalue weighted by molar-refractivity contribution is 0.0758. The summed E-state index contributed by atoms with van der Waals surface area (Å²) in [5.41, 5.74) is 2.64. The maximum Gasteiger partial charge on any atom is 0.255 e. The van der Waals surface area contributed by atoms with Crippen molar-refractivity contribution < 1.29 is 13.2 Å². The van der Waals surface area contributed by atoms with Gasteiger partial charge in [-0.2, -0.15) is 0 Å². The summed E-state index contributed by atoms with van der Waals surface area (Å²) in [5.74, 6) is -0.0717. The highest BCUT2D eigenvalue weighted by Crippen LogP contribution is 2.26. The molecule has 1 amide bonds. The molecule has 0 unspecified atom stereocenters. The highest BCUT2D eigenvalue weighted by molar-refractivity contribution is 7.98. The van der Waals surface area contributed by atoms with Crippen molar-refractivity contribution in [1.82, 2.24) is 14.5 Å². The Hall–Kier alpha value is -1.87. The second kappa shape index (κ2) is 12.4. The molecule has 1 N–H and O–H groups in total. The predicted molar refractivity (Wildman–Crippen MR) is 142 cm³/mol. The van der Waals surface area contributed by atoms with Crippen LogP contribution in [0.2, 0.25) is 0 Å². The Balaban J connectivity index is 1.42. The number of hydrogen-bond acceptors (Lipinski definition) is 5. The molecule has 0 aromatic heterocycles. The van der Waals surface area contributed by atoms with Crippen molar-refractivity contribution >= 4 is 27.7 Å². The Morgan fingerprint density at radius 3 is 2.11 bits per heavy atom. The van der Waals surface area contributed by atoms with Crippen molar-refractivity contribution in [3.05, 3.63) is 59.2 Å². The lowest BCUT2D eigenvalue weighted by Gasteiger charge is -2.26. The third-order valence-electron chi connectivity index (χ3n) is 6.95. The van der Waals surface area contributed by atoms with E-state index in [1.54, 1.807) is 18.2 Å². The molecule has 0 saturated carbocycles. The van der Waals surface area contributed by atoms with Crippen LogP contribution in [0.5, 0.6) is 0 Å². The normalized spacial score (nSPS) is 17.8. The summed E-state index contributed by atoms with van der Waals surface area (Å²) < 4.78 is 28.9. The first-order valence-corrected chi connectivity index (χ1v) is 15.4. The molecular formula is C27H37N3O3S2. The fraction of sp³-hybridized carbons (Fsp3) is 0.519. The molecule has 2 aliphatic rings. The zero-order valence-corrected chi connectivity index (χ0v) is 22.3. The lowest BCUT2D eigenvalue weighted by Crippen LogP contribution is -2.32. The van der Waals surface area contributed by atoms with Crippen LogP contribution in [-0.4, -0.2) is 56.6 Å². The molecule has 35 heavy (non-hydrogen) atoms. The third kappa shape index (κ3) is 7.09. The lowest BCUT2D eigenvalue weighted by atomic mass is 10.1. The number of piperidine rings is 1. The van der Waals surface area contributed by atoms with Gasteiger partial charge in [0.25, 0.3) is 5.91 Å². The van der Waals surface area contributed by atoms with Gasteiger partial charge in [-0.05, 0) is 74.4 Å². The van der Waals surface area contributed by atoms with Crippen molar-refractivity contribution in [3.63, 3.8) is 0 Å². The molecule has 2 fully saturated rings. The first-order chi connectivity index (χ1) is 17.0. The van der Waals surface area contributed by atoms with Crippen LogP contribution in [0.3, 0.4) is 0 Å². The van der Waals surface area contributed by atoms with Gasteiger partial charge in [0.15, 0.2) is 0 Å². The van der Waals surface area contributed by atoms with Gasteiger partial charge >= 0.3 is 0 Å². The molecule has 0 aliphatic carbocycles. The number of carbonyl (C=O) groups excluding carboxylic acids is 1. The molecule has 190 valence electrons. The second-order valence-electron chi connectivity index (χ2n) is 9.55. The first kappa shape index (κ1) is 26.2. The number of nitrogens with zero attached hydrogens (tertiary/aromatic N) is 2. The van der Waals surface area contributed by atoms with E-state index >= 15 is 0 Å². The first-order valence-electron chi connectivity index (χ1n) is 12.7. The SMILES string of the molecule is CSc1ccc(S(=O)(=O)NCc2ccc(CN3CCCCC3)cc2)cc1C(=O)N1CCCCCC1. The molecule has 4 rings (SSSR count). The number of hydrogen-bond donors (Lipinski definition) is 1. The molecule has 2 aromatic rings. The Labute approximate surface area is 214 Å². The summed E-state index contributed by atoms with van der Waals surface area (Å²) in [4.78, 5) is 18.6. The number of benzene rings is 2. The zero-order chi connectivity index (χ0) is 24.7. The monoisotopic (exact) mass is 515 g/mol. The Morgan fingerprint density at radius 2 is 1.46 bits per heavy atom. The summed E-state index contributed by atoms with van der Waals surface area (Å²) in [7, 11) is -3.75. The third-order valence-corrected chi connectivity index (χ3v) is 9.14. The molecule has 0 atom stereocenters. The van der Waals surface area contributed by atoms with Crippen LogP contribution in [-0.2, 0) is 23.1 Å². The summed E-state index contributed by atoms with van der Waals surface area (Å²) in [6.07, 6.45) is 10.0. The van der Waals surface area contributed by atoms with E-state index in [-0.39, 0.29) is 17.3 Å². The van der Waals surface area contributed by atoms with Crippen LogP contribution in [0.15, 0.2) is 52.3 Å². The van der Waals surface area contributed by atoms with E-state index in [1.807, 2.05) is 23.3 Å². The van der Waals surface area contributed by atoms with Crippen molar-refractivity contribution in [3.8, 4) is 0 Å². The fourth-order valence-corrected chi connectivity index (χ4v) is 6.48. The van der Waals surface area contributed by atoms with Gasteiger partial charge in [-0.1, -0.05) is 43.5 Å². The van der Waals surface area contributed by atoms with E-state index in [9.17, 15) is 13.2 Å². The van der Waals surface area contributed by atoms with Gasteiger partial charge in [0, 0.05) is 31.1 Å². The van der Waals surface area contributed by atoms with Gasteiger partial charge in [-0.15, -0.1) is 11.8 Å². The van der Waals surface area contributed by atoms with E-state index in [1.165, 1.54) is 36.6 Å². The quantitative estimate of drug-likeness (QED) is 0.507. The summed E-state index contributed by atoms with van der Waals surface area (Å²) in [5, 5.41) is 0. The molecule has 8 heteroatoms. The molecule has 2 aromatic carbocycles. The molecule has 0 spiro atoms. The topological polar surface area (TPSA) is 69.7 Å². The van der Waals surface area contributed by atoms with Crippen LogP contribution < -0.4 is 4.72 Å². The molecule has 2 saturated heterocycles. The second-order valence-corrected chi connectivity index (χ2v) is 12.2. The standard InChI is InChI=1S/C27H37N3O3S2/c1-34-26-14-13-24(19-25(26)27(31)30-17-7-2-3-8-18-30)35(32,33)28-20-22-9-11-23(12-10-22)21-29-15-5-4-6-16-29/h9-14,19,28H,2-8,15-18,20-21H2,1H3. The minimum absolute atomic E-state index is 0.0717. The average Bonchev–Trinajstić information content (AvgIpc) is 3.18. The number of rotatable bonds is 8. The Bertz CT molecular complexity index is 1090. The molecule has 0 radical (unpaired) electrons. The van der Waals surface area contributed by atoms with Crippen molar-refractivity contribution in [2.24, 2.45) is 0 Å². The number of amides is 1. The van der Waals surface area contributed by atoms with Gasteiger partial charge in [-0.25, -0.2) is 13.1 Å². The van der Waals surface area contributed by atoms with Gasteiger partial charge < -0.3 is 4.90 Å². The Morgan fingerprint density at radius 1 is 0.857 bits per heavy atom. The maximum atomic E-state index is 13.3. The van der Waals surface area contributed by atoms with Crippen LogP contribution in [0.1, 0.15) is 66.4 Å². The van der Waals surface area contributed by atoms with Crippen LogP contribution >= 0.6 is 11.8 Å². The molecule has 2 heterocycles.